The molecule has 0 unspecified atom stereocenters. The van der Waals surface area contributed by atoms with E-state index in [0.29, 0.717) is 29.4 Å². The average molecular weight is 368 g/mol. The predicted octanol–water partition coefficient (Wildman–Crippen LogP) is 3.10. The highest BCUT2D eigenvalue weighted by molar-refractivity contribution is 5.95. The maximum atomic E-state index is 13.1. The molecule has 0 N–H and O–H groups in total. The first-order valence-corrected chi connectivity index (χ1v) is 9.56. The molecule has 1 aliphatic rings. The molecule has 1 atom stereocenters. The molecular formula is C21H28N4O2. The zero-order valence-electron chi connectivity index (χ0n) is 16.6. The SMILES string of the molecule is CC[C@H]1CN(C(=O)c2cccc(-c3nccc(OC)n3)c2)CCN1C(C)C. The number of amides is 1. The lowest BCUT2D eigenvalue weighted by Gasteiger charge is -2.43. The van der Waals surface area contributed by atoms with E-state index in [2.05, 4.69) is 35.6 Å². The van der Waals surface area contributed by atoms with Crippen LogP contribution in [0.25, 0.3) is 11.4 Å². The highest BCUT2D eigenvalue weighted by atomic mass is 16.5. The number of aromatic nitrogens is 2. The molecule has 0 aliphatic carbocycles. The van der Waals surface area contributed by atoms with Crippen LogP contribution in [0.2, 0.25) is 0 Å². The van der Waals surface area contributed by atoms with Crippen molar-refractivity contribution in [2.24, 2.45) is 0 Å². The standard InChI is InChI=1S/C21H28N4O2/c1-5-18-14-24(11-12-25(18)15(2)3)21(26)17-8-6-7-16(13-17)20-22-10-9-19(23-20)27-4/h6-10,13,15,18H,5,11-12,14H2,1-4H3/t18-/m0/s1. The Balaban J connectivity index is 1.79. The zero-order chi connectivity index (χ0) is 19.4. The summed E-state index contributed by atoms with van der Waals surface area (Å²) in [4.78, 5) is 26.2. The van der Waals surface area contributed by atoms with E-state index < -0.39 is 0 Å². The van der Waals surface area contributed by atoms with Gasteiger partial charge in [-0.1, -0.05) is 19.1 Å². The number of ether oxygens (including phenoxy) is 1. The molecule has 6 nitrogen and oxygen atoms in total. The Morgan fingerprint density at radius 3 is 2.81 bits per heavy atom. The second-order valence-corrected chi connectivity index (χ2v) is 7.15. The highest BCUT2D eigenvalue weighted by Gasteiger charge is 2.30. The van der Waals surface area contributed by atoms with Gasteiger partial charge in [0.05, 0.1) is 7.11 Å². The van der Waals surface area contributed by atoms with Gasteiger partial charge in [-0.2, -0.15) is 4.98 Å². The molecule has 27 heavy (non-hydrogen) atoms. The quantitative estimate of drug-likeness (QED) is 0.812. The summed E-state index contributed by atoms with van der Waals surface area (Å²) in [6.45, 7) is 9.08. The molecule has 1 aliphatic heterocycles. The fraction of sp³-hybridized carbons (Fsp3) is 0.476. The number of hydrogen-bond acceptors (Lipinski definition) is 5. The number of nitrogens with zero attached hydrogens (tertiary/aromatic N) is 4. The van der Waals surface area contributed by atoms with Gasteiger partial charge in [0.2, 0.25) is 5.88 Å². The van der Waals surface area contributed by atoms with E-state index in [0.717, 1.165) is 31.6 Å². The van der Waals surface area contributed by atoms with Gasteiger partial charge in [-0.05, 0) is 32.4 Å². The van der Waals surface area contributed by atoms with Crippen molar-refractivity contribution in [2.45, 2.75) is 39.3 Å². The molecule has 0 bridgehead atoms. The van der Waals surface area contributed by atoms with E-state index >= 15 is 0 Å². The smallest absolute Gasteiger partial charge is 0.253 e. The van der Waals surface area contributed by atoms with E-state index in [1.807, 2.05) is 29.2 Å². The Labute approximate surface area is 161 Å². The topological polar surface area (TPSA) is 58.6 Å². The minimum atomic E-state index is 0.0709. The fourth-order valence-electron chi connectivity index (χ4n) is 3.67. The second kappa shape index (κ2) is 8.48. The molecule has 1 aromatic heterocycles. The van der Waals surface area contributed by atoms with Crippen LogP contribution in [0.3, 0.4) is 0 Å². The van der Waals surface area contributed by atoms with Crippen LogP contribution < -0.4 is 4.74 Å². The van der Waals surface area contributed by atoms with Crippen molar-refractivity contribution in [1.82, 2.24) is 19.8 Å². The van der Waals surface area contributed by atoms with Gasteiger partial charge in [0.15, 0.2) is 5.82 Å². The molecule has 0 radical (unpaired) electrons. The maximum absolute atomic E-state index is 13.1. The first kappa shape index (κ1) is 19.3. The van der Waals surface area contributed by atoms with Crippen molar-refractivity contribution in [2.75, 3.05) is 26.7 Å². The van der Waals surface area contributed by atoms with Crippen LogP contribution in [-0.4, -0.2) is 64.5 Å². The largest absolute Gasteiger partial charge is 0.481 e. The second-order valence-electron chi connectivity index (χ2n) is 7.15. The van der Waals surface area contributed by atoms with Gasteiger partial charge < -0.3 is 9.64 Å². The fourth-order valence-corrected chi connectivity index (χ4v) is 3.67. The van der Waals surface area contributed by atoms with Crippen LogP contribution in [0.5, 0.6) is 5.88 Å². The first-order chi connectivity index (χ1) is 13.0. The highest BCUT2D eigenvalue weighted by Crippen LogP contribution is 2.21. The van der Waals surface area contributed by atoms with Crippen LogP contribution in [0.15, 0.2) is 36.5 Å². The van der Waals surface area contributed by atoms with Gasteiger partial charge in [0, 0.05) is 55.1 Å². The molecule has 1 aromatic carbocycles. The third-order valence-corrected chi connectivity index (χ3v) is 5.16. The predicted molar refractivity (Wildman–Crippen MR) is 106 cm³/mol. The van der Waals surface area contributed by atoms with Crippen LogP contribution in [-0.2, 0) is 0 Å². The molecule has 2 aromatic rings. The number of benzene rings is 1. The molecule has 6 heteroatoms. The number of carbonyl (C=O) groups excluding carboxylic acids is 1. The summed E-state index contributed by atoms with van der Waals surface area (Å²) in [5, 5.41) is 0. The number of carbonyl (C=O) groups is 1. The van der Waals surface area contributed by atoms with Crippen LogP contribution >= 0.6 is 0 Å². The molecule has 144 valence electrons. The van der Waals surface area contributed by atoms with Gasteiger partial charge in [-0.15, -0.1) is 0 Å². The lowest BCUT2D eigenvalue weighted by molar-refractivity contribution is 0.0371. The van der Waals surface area contributed by atoms with Crippen molar-refractivity contribution in [1.29, 1.82) is 0 Å². The first-order valence-electron chi connectivity index (χ1n) is 9.56. The molecule has 0 spiro atoms. The summed E-state index contributed by atoms with van der Waals surface area (Å²) in [7, 11) is 1.58. The van der Waals surface area contributed by atoms with Crippen LogP contribution in [0.4, 0.5) is 0 Å². The minimum absolute atomic E-state index is 0.0709. The summed E-state index contributed by atoms with van der Waals surface area (Å²) >= 11 is 0. The lowest BCUT2D eigenvalue weighted by Crippen LogP contribution is -2.56. The number of hydrogen-bond donors (Lipinski definition) is 0. The van der Waals surface area contributed by atoms with Crippen molar-refractivity contribution < 1.29 is 9.53 Å². The van der Waals surface area contributed by atoms with E-state index in [-0.39, 0.29) is 5.91 Å². The number of rotatable bonds is 5. The zero-order valence-corrected chi connectivity index (χ0v) is 16.6. The van der Waals surface area contributed by atoms with Crippen molar-refractivity contribution in [3.63, 3.8) is 0 Å². The van der Waals surface area contributed by atoms with Crippen LogP contribution in [0, 0.1) is 0 Å². The van der Waals surface area contributed by atoms with Gasteiger partial charge >= 0.3 is 0 Å². The van der Waals surface area contributed by atoms with Crippen molar-refractivity contribution in [3.8, 4) is 17.3 Å². The van der Waals surface area contributed by atoms with Crippen molar-refractivity contribution >= 4 is 5.91 Å². The van der Waals surface area contributed by atoms with Gasteiger partial charge in [0.1, 0.15) is 0 Å². The Morgan fingerprint density at radius 2 is 2.11 bits per heavy atom. The maximum Gasteiger partial charge on any atom is 0.253 e. The monoisotopic (exact) mass is 368 g/mol. The van der Waals surface area contributed by atoms with E-state index in [9.17, 15) is 4.79 Å². The number of piperazine rings is 1. The summed E-state index contributed by atoms with van der Waals surface area (Å²) in [5.74, 6) is 1.13. The normalized spacial score (nSPS) is 18.0. The van der Waals surface area contributed by atoms with Crippen molar-refractivity contribution in [3.05, 3.63) is 42.1 Å². The Morgan fingerprint density at radius 1 is 1.30 bits per heavy atom. The molecule has 1 fully saturated rings. The lowest BCUT2D eigenvalue weighted by atomic mass is 10.0. The Hall–Kier alpha value is -2.47. The third kappa shape index (κ3) is 4.27. The molecule has 0 saturated carbocycles. The van der Waals surface area contributed by atoms with E-state index in [1.165, 1.54) is 0 Å². The minimum Gasteiger partial charge on any atom is -0.481 e. The Kier molecular flexibility index (Phi) is 6.06. The third-order valence-electron chi connectivity index (χ3n) is 5.16. The Bertz CT molecular complexity index is 793. The molecule has 2 heterocycles. The summed E-state index contributed by atoms with van der Waals surface area (Å²) in [6.07, 6.45) is 2.70. The summed E-state index contributed by atoms with van der Waals surface area (Å²) < 4.78 is 5.17. The summed E-state index contributed by atoms with van der Waals surface area (Å²) in [5.41, 5.74) is 1.49. The van der Waals surface area contributed by atoms with E-state index in [4.69, 9.17) is 4.74 Å². The average Bonchev–Trinajstić information content (AvgIpc) is 2.72. The van der Waals surface area contributed by atoms with E-state index in [1.54, 1.807) is 19.4 Å². The van der Waals surface area contributed by atoms with Gasteiger partial charge in [-0.3, -0.25) is 9.69 Å². The molecule has 1 amide bonds. The number of methoxy groups -OCH3 is 1. The molecule has 3 rings (SSSR count). The van der Waals surface area contributed by atoms with Gasteiger partial charge in [0.25, 0.3) is 5.91 Å². The summed E-state index contributed by atoms with van der Waals surface area (Å²) in [6, 6.07) is 10.1. The molecular weight excluding hydrogens is 340 g/mol. The molecule has 1 saturated heterocycles. The van der Waals surface area contributed by atoms with Crippen LogP contribution in [0.1, 0.15) is 37.6 Å². The van der Waals surface area contributed by atoms with Gasteiger partial charge in [-0.25, -0.2) is 4.98 Å².